The minimum atomic E-state index is -2.94. The Morgan fingerprint density at radius 1 is 1.08 bits per heavy atom. The zero-order valence-electron chi connectivity index (χ0n) is 13.5. The zero-order chi connectivity index (χ0) is 16.3. The van der Waals surface area contributed by atoms with Crippen LogP contribution in [0.5, 0.6) is 0 Å². The lowest BCUT2D eigenvalue weighted by Gasteiger charge is -2.52. The molecule has 0 aliphatic carbocycles. The van der Waals surface area contributed by atoms with Gasteiger partial charge in [-0.15, -0.1) is 23.2 Å². The second-order valence-corrected chi connectivity index (χ2v) is 9.05. The normalized spacial score (nSPS) is 20.0. The van der Waals surface area contributed by atoms with Gasteiger partial charge in [0.15, 0.2) is 0 Å². The highest BCUT2D eigenvalue weighted by Crippen LogP contribution is 2.65. The van der Waals surface area contributed by atoms with E-state index in [1.165, 1.54) is 0 Å². The summed E-state index contributed by atoms with van der Waals surface area (Å²) in [5.74, 6) is 0. The summed E-state index contributed by atoms with van der Waals surface area (Å²) in [6.45, 7) is 0.875. The smallest absolute Gasteiger partial charge is 0.119 e. The average Bonchev–Trinajstić information content (AvgIpc) is 2.56. The third kappa shape index (κ3) is 3.85. The molecule has 24 heavy (non-hydrogen) atoms. The molecule has 0 radical (unpaired) electrons. The average molecular weight is 387 g/mol. The minimum Gasteiger partial charge on any atom is -0.320 e. The van der Waals surface area contributed by atoms with Crippen molar-refractivity contribution in [2.24, 2.45) is 0 Å². The number of benzene rings is 2. The Kier molecular flexibility index (Phi) is 6.86. The number of nitrogens with zero attached hydrogens (tertiary/aromatic N) is 1. The lowest BCUT2D eigenvalue weighted by molar-refractivity contribution is 0.477. The Balaban J connectivity index is 0.00000208. The van der Waals surface area contributed by atoms with Crippen molar-refractivity contribution in [3.05, 3.63) is 54.6 Å². The van der Waals surface area contributed by atoms with Crippen molar-refractivity contribution in [3.8, 4) is 0 Å². The predicted molar refractivity (Wildman–Crippen MR) is 108 cm³/mol. The van der Waals surface area contributed by atoms with E-state index in [1.807, 2.05) is 55.6 Å². The topological polar surface area (TPSA) is 55.7 Å². The van der Waals surface area contributed by atoms with Gasteiger partial charge < -0.3 is 5.32 Å². The van der Waals surface area contributed by atoms with Crippen LogP contribution in [0.15, 0.2) is 59.5 Å². The first-order valence-corrected chi connectivity index (χ1v) is 10.1. The summed E-state index contributed by atoms with van der Waals surface area (Å²) in [7, 11) is -1.03. The fourth-order valence-corrected chi connectivity index (χ4v) is 6.46. The predicted octanol–water partition coefficient (Wildman–Crippen LogP) is 5.34. The molecule has 2 aromatic rings. The molecule has 1 atom stereocenters. The van der Waals surface area contributed by atoms with Gasteiger partial charge in [-0.1, -0.05) is 42.1 Å². The maximum Gasteiger partial charge on any atom is 0.119 e. The third-order valence-electron chi connectivity index (χ3n) is 3.82. The summed E-state index contributed by atoms with van der Waals surface area (Å²) in [5, 5.41) is 3.12. The highest BCUT2D eigenvalue weighted by atomic mass is 35.5. The van der Waals surface area contributed by atoms with Gasteiger partial charge in [-0.05, 0) is 50.7 Å². The monoisotopic (exact) mass is 386 g/mol. The van der Waals surface area contributed by atoms with Crippen LogP contribution in [-0.4, -0.2) is 27.3 Å². The number of hydrogen-bond acceptors (Lipinski definition) is 5. The van der Waals surface area contributed by atoms with Gasteiger partial charge in [0.25, 0.3) is 0 Å². The number of thioether (sulfide) groups is 1. The minimum absolute atomic E-state index is 0. The molecule has 0 aromatic heterocycles. The van der Waals surface area contributed by atoms with Crippen molar-refractivity contribution in [1.82, 2.24) is 5.32 Å². The molecule has 4 nitrogen and oxygen atoms in total. The second kappa shape index (κ2) is 8.47. The molecule has 0 spiro atoms. The van der Waals surface area contributed by atoms with Crippen molar-refractivity contribution < 1.29 is 9.11 Å². The van der Waals surface area contributed by atoms with E-state index >= 15 is 0 Å². The number of fused-ring (bicyclic) bond motifs is 1. The second-order valence-electron chi connectivity index (χ2n) is 5.45. The Morgan fingerprint density at radius 2 is 1.75 bits per heavy atom. The number of anilines is 2. The molecule has 1 aliphatic rings. The SMILES string of the molecule is CNCCCC1Sc2ccccc2N(c2ccccc2)S1(O)O.Cl. The van der Waals surface area contributed by atoms with E-state index in [4.69, 9.17) is 0 Å². The molecule has 0 saturated heterocycles. The van der Waals surface area contributed by atoms with E-state index in [2.05, 4.69) is 11.4 Å². The molecule has 1 unspecified atom stereocenters. The van der Waals surface area contributed by atoms with Crippen molar-refractivity contribution in [2.75, 3.05) is 17.9 Å². The molecule has 3 N–H and O–H groups in total. The fraction of sp³-hybridized carbons (Fsp3) is 0.294. The van der Waals surface area contributed by atoms with Gasteiger partial charge in [0.05, 0.1) is 11.4 Å². The summed E-state index contributed by atoms with van der Waals surface area (Å²) in [6, 6.07) is 17.6. The van der Waals surface area contributed by atoms with E-state index in [-0.39, 0.29) is 17.0 Å². The van der Waals surface area contributed by atoms with Gasteiger partial charge >= 0.3 is 0 Å². The van der Waals surface area contributed by atoms with Crippen LogP contribution in [-0.2, 0) is 0 Å². The van der Waals surface area contributed by atoms with Gasteiger partial charge in [0, 0.05) is 4.90 Å². The highest BCUT2D eigenvalue weighted by Gasteiger charge is 2.39. The van der Waals surface area contributed by atoms with E-state index in [9.17, 15) is 9.11 Å². The molecule has 0 fully saturated rings. The first-order valence-electron chi connectivity index (χ1n) is 7.67. The van der Waals surface area contributed by atoms with Crippen molar-refractivity contribution >= 4 is 46.3 Å². The van der Waals surface area contributed by atoms with Crippen LogP contribution in [0.25, 0.3) is 0 Å². The molecule has 1 heterocycles. The largest absolute Gasteiger partial charge is 0.320 e. The molecular formula is C17H23ClN2O2S2. The van der Waals surface area contributed by atoms with E-state index in [0.717, 1.165) is 35.7 Å². The van der Waals surface area contributed by atoms with Gasteiger partial charge in [-0.3, -0.25) is 9.11 Å². The Hall–Kier alpha value is -0.890. The number of hydrogen-bond donors (Lipinski definition) is 3. The lowest BCUT2D eigenvalue weighted by atomic mass is 10.2. The Labute approximate surface area is 155 Å². The Morgan fingerprint density at radius 3 is 2.46 bits per heavy atom. The molecule has 2 aromatic carbocycles. The molecule has 0 saturated carbocycles. The highest BCUT2D eigenvalue weighted by molar-refractivity contribution is 8.34. The molecule has 7 heteroatoms. The van der Waals surface area contributed by atoms with E-state index < -0.39 is 10.8 Å². The van der Waals surface area contributed by atoms with Crippen LogP contribution < -0.4 is 9.62 Å². The maximum atomic E-state index is 11.0. The summed E-state index contributed by atoms with van der Waals surface area (Å²) >= 11 is 1.58. The van der Waals surface area contributed by atoms with E-state index in [1.54, 1.807) is 16.1 Å². The van der Waals surface area contributed by atoms with Crippen LogP contribution in [0.1, 0.15) is 12.8 Å². The molecular weight excluding hydrogens is 364 g/mol. The van der Waals surface area contributed by atoms with Crippen molar-refractivity contribution in [1.29, 1.82) is 0 Å². The number of rotatable bonds is 5. The number of halogens is 1. The maximum absolute atomic E-state index is 11.0. The standard InChI is InChI=1S/C17H22N2O2S2.ClH/c1-18-13-7-12-17-22-16-11-6-5-10-15(16)19(23(17,20)21)14-8-3-2-4-9-14;/h2-6,8-11,17-18,20-21H,7,12-13H2,1H3;1H. The van der Waals surface area contributed by atoms with Crippen molar-refractivity contribution in [2.45, 2.75) is 22.3 Å². The third-order valence-corrected chi connectivity index (χ3v) is 7.87. The summed E-state index contributed by atoms with van der Waals surface area (Å²) < 4.78 is 23.5. The van der Waals surface area contributed by atoms with Gasteiger partial charge in [-0.25, -0.2) is 4.31 Å². The van der Waals surface area contributed by atoms with Crippen LogP contribution >= 0.6 is 34.9 Å². The van der Waals surface area contributed by atoms with E-state index in [0.29, 0.717) is 0 Å². The first kappa shape index (κ1) is 19.4. The molecule has 0 amide bonds. The zero-order valence-corrected chi connectivity index (χ0v) is 15.9. The van der Waals surface area contributed by atoms with Crippen LogP contribution in [0.4, 0.5) is 11.4 Å². The fourth-order valence-electron chi connectivity index (χ4n) is 2.71. The Bertz CT molecular complexity index is 658. The number of nitrogens with one attached hydrogen (secondary N) is 1. The number of para-hydroxylation sites is 2. The van der Waals surface area contributed by atoms with Crippen LogP contribution in [0, 0.1) is 0 Å². The molecule has 3 rings (SSSR count). The van der Waals surface area contributed by atoms with Gasteiger partial charge in [0.1, 0.15) is 4.58 Å². The molecule has 0 bridgehead atoms. The molecule has 1 aliphatic heterocycles. The van der Waals surface area contributed by atoms with Crippen LogP contribution in [0.2, 0.25) is 0 Å². The summed E-state index contributed by atoms with van der Waals surface area (Å²) in [4.78, 5) is 1.09. The molecule has 132 valence electrons. The van der Waals surface area contributed by atoms with Crippen LogP contribution in [0.3, 0.4) is 0 Å². The van der Waals surface area contributed by atoms with Gasteiger partial charge in [0.2, 0.25) is 0 Å². The first-order chi connectivity index (χ1) is 11.1. The summed E-state index contributed by atoms with van der Waals surface area (Å²) in [6.07, 6.45) is 1.67. The summed E-state index contributed by atoms with van der Waals surface area (Å²) in [5.41, 5.74) is 1.69. The quantitative estimate of drug-likeness (QED) is 0.605. The van der Waals surface area contributed by atoms with Gasteiger partial charge in [-0.2, -0.15) is 0 Å². The lowest BCUT2D eigenvalue weighted by Crippen LogP contribution is -2.33. The van der Waals surface area contributed by atoms with Crippen molar-refractivity contribution in [3.63, 3.8) is 0 Å².